The van der Waals surface area contributed by atoms with Crippen LogP contribution >= 0.6 is 0 Å². The number of nitrogens with zero attached hydrogens (tertiary/aromatic N) is 1. The van der Waals surface area contributed by atoms with Crippen molar-refractivity contribution in [3.8, 4) is 0 Å². The van der Waals surface area contributed by atoms with Crippen LogP contribution in [-0.2, 0) is 16.0 Å². The minimum Gasteiger partial charge on any atom is -0.348 e. The molecule has 0 bridgehead atoms. The van der Waals surface area contributed by atoms with E-state index >= 15 is 0 Å². The molecule has 3 rings (SSSR count). The van der Waals surface area contributed by atoms with Gasteiger partial charge in [-0.2, -0.15) is 0 Å². The maximum absolute atomic E-state index is 12.5. The summed E-state index contributed by atoms with van der Waals surface area (Å²) in [5.74, 6) is -0.223. The van der Waals surface area contributed by atoms with Crippen LogP contribution in [0.5, 0.6) is 0 Å². The topological polar surface area (TPSA) is 78.5 Å². The van der Waals surface area contributed by atoms with Gasteiger partial charge < -0.3 is 15.5 Å². The van der Waals surface area contributed by atoms with E-state index < -0.39 is 0 Å². The molecule has 2 aromatic rings. The number of anilines is 1. The number of benzene rings is 2. The Morgan fingerprint density at radius 2 is 1.71 bits per heavy atom. The summed E-state index contributed by atoms with van der Waals surface area (Å²) in [6.45, 7) is 6.84. The third-order valence-electron chi connectivity index (χ3n) is 5.65. The molecule has 0 saturated carbocycles. The molecule has 1 atom stereocenters. The Hall–Kier alpha value is -3.15. The molecule has 31 heavy (non-hydrogen) atoms. The lowest BCUT2D eigenvalue weighted by Crippen LogP contribution is -2.40. The van der Waals surface area contributed by atoms with Gasteiger partial charge in [0.2, 0.25) is 11.8 Å². The van der Waals surface area contributed by atoms with Gasteiger partial charge in [0.25, 0.3) is 5.91 Å². The standard InChI is InChI=1S/C25H31N3O3/c1-4-18-7-9-19(10-8-18)24(17(2)3)27-22(29)16-26-25(31)20-11-13-21(14-12-20)28-15-5-6-23(28)30/h7-14,17,24H,4-6,15-16H2,1-3H3,(H,26,31)(H,27,29). The molecule has 1 heterocycles. The van der Waals surface area contributed by atoms with Crippen molar-refractivity contribution in [1.29, 1.82) is 0 Å². The Bertz CT molecular complexity index is 920. The third kappa shape index (κ3) is 5.72. The van der Waals surface area contributed by atoms with E-state index in [0.717, 1.165) is 24.1 Å². The zero-order valence-corrected chi connectivity index (χ0v) is 18.5. The first kappa shape index (κ1) is 22.5. The van der Waals surface area contributed by atoms with Crippen LogP contribution in [0.15, 0.2) is 48.5 Å². The number of amides is 3. The van der Waals surface area contributed by atoms with Crippen LogP contribution in [0.2, 0.25) is 0 Å². The van der Waals surface area contributed by atoms with E-state index in [9.17, 15) is 14.4 Å². The highest BCUT2D eigenvalue weighted by Crippen LogP contribution is 2.23. The quantitative estimate of drug-likeness (QED) is 0.683. The van der Waals surface area contributed by atoms with E-state index in [2.05, 4.69) is 55.7 Å². The number of hydrogen-bond acceptors (Lipinski definition) is 3. The highest BCUT2D eigenvalue weighted by Gasteiger charge is 2.22. The van der Waals surface area contributed by atoms with Gasteiger partial charge in [0, 0.05) is 24.2 Å². The molecular weight excluding hydrogens is 390 g/mol. The summed E-state index contributed by atoms with van der Waals surface area (Å²) in [5.41, 5.74) is 3.56. The lowest BCUT2D eigenvalue weighted by molar-refractivity contribution is -0.121. The van der Waals surface area contributed by atoms with Gasteiger partial charge in [-0.15, -0.1) is 0 Å². The number of aryl methyl sites for hydroxylation is 1. The zero-order chi connectivity index (χ0) is 22.4. The molecule has 0 radical (unpaired) electrons. The summed E-state index contributed by atoms with van der Waals surface area (Å²) < 4.78 is 0. The minimum absolute atomic E-state index is 0.0958. The summed E-state index contributed by atoms with van der Waals surface area (Å²) in [7, 11) is 0. The number of carbonyl (C=O) groups is 3. The Kier molecular flexibility index (Phi) is 7.45. The average molecular weight is 422 g/mol. The molecule has 6 nitrogen and oxygen atoms in total. The molecule has 0 aliphatic carbocycles. The van der Waals surface area contributed by atoms with Crippen molar-refractivity contribution in [3.63, 3.8) is 0 Å². The van der Waals surface area contributed by atoms with Crippen LogP contribution in [0.3, 0.4) is 0 Å². The number of rotatable bonds is 8. The second-order valence-corrected chi connectivity index (χ2v) is 8.26. The van der Waals surface area contributed by atoms with Gasteiger partial charge in [0.05, 0.1) is 12.6 Å². The highest BCUT2D eigenvalue weighted by atomic mass is 16.2. The lowest BCUT2D eigenvalue weighted by Gasteiger charge is -2.23. The molecule has 6 heteroatoms. The molecule has 1 fully saturated rings. The first-order chi connectivity index (χ1) is 14.9. The van der Waals surface area contributed by atoms with Crippen LogP contribution in [-0.4, -0.2) is 30.8 Å². The van der Waals surface area contributed by atoms with E-state index in [1.807, 2.05) is 0 Å². The van der Waals surface area contributed by atoms with Gasteiger partial charge >= 0.3 is 0 Å². The smallest absolute Gasteiger partial charge is 0.251 e. The summed E-state index contributed by atoms with van der Waals surface area (Å²) in [5, 5.41) is 5.71. The van der Waals surface area contributed by atoms with Crippen LogP contribution in [0.1, 0.15) is 61.1 Å². The summed E-state index contributed by atoms with van der Waals surface area (Å²) in [6, 6.07) is 15.0. The van der Waals surface area contributed by atoms with Crippen molar-refractivity contribution in [2.45, 2.75) is 46.1 Å². The molecule has 0 aromatic heterocycles. The van der Waals surface area contributed by atoms with E-state index in [0.29, 0.717) is 18.5 Å². The fraction of sp³-hybridized carbons (Fsp3) is 0.400. The summed E-state index contributed by atoms with van der Waals surface area (Å²) in [4.78, 5) is 38.5. The highest BCUT2D eigenvalue weighted by molar-refractivity contribution is 5.98. The van der Waals surface area contributed by atoms with Crippen molar-refractivity contribution < 1.29 is 14.4 Å². The van der Waals surface area contributed by atoms with Gasteiger partial charge in [-0.3, -0.25) is 14.4 Å². The van der Waals surface area contributed by atoms with E-state index in [4.69, 9.17) is 0 Å². The zero-order valence-electron chi connectivity index (χ0n) is 18.5. The minimum atomic E-state index is -0.317. The fourth-order valence-electron chi connectivity index (χ4n) is 3.80. The van der Waals surface area contributed by atoms with Gasteiger partial charge in [-0.25, -0.2) is 0 Å². The normalized spacial score (nSPS) is 14.6. The van der Waals surface area contributed by atoms with Crippen molar-refractivity contribution in [2.24, 2.45) is 5.92 Å². The Morgan fingerprint density at radius 3 is 2.26 bits per heavy atom. The molecule has 1 saturated heterocycles. The maximum atomic E-state index is 12.5. The Balaban J connectivity index is 1.55. The summed E-state index contributed by atoms with van der Waals surface area (Å²) >= 11 is 0. The Morgan fingerprint density at radius 1 is 1.03 bits per heavy atom. The van der Waals surface area contributed by atoms with Gasteiger partial charge in [0.15, 0.2) is 0 Å². The van der Waals surface area contributed by atoms with Crippen LogP contribution < -0.4 is 15.5 Å². The largest absolute Gasteiger partial charge is 0.348 e. The fourth-order valence-corrected chi connectivity index (χ4v) is 3.80. The number of carbonyl (C=O) groups excluding carboxylic acids is 3. The van der Waals surface area contributed by atoms with E-state index in [1.165, 1.54) is 5.56 Å². The second kappa shape index (κ2) is 10.2. The predicted molar refractivity (Wildman–Crippen MR) is 122 cm³/mol. The molecule has 1 aliphatic rings. The maximum Gasteiger partial charge on any atom is 0.251 e. The van der Waals surface area contributed by atoms with Crippen LogP contribution in [0.4, 0.5) is 5.69 Å². The average Bonchev–Trinajstić information content (AvgIpc) is 3.21. The number of nitrogens with one attached hydrogen (secondary N) is 2. The van der Waals surface area contributed by atoms with Gasteiger partial charge in [-0.05, 0) is 54.2 Å². The monoisotopic (exact) mass is 421 g/mol. The van der Waals surface area contributed by atoms with E-state index in [-0.39, 0.29) is 36.2 Å². The predicted octanol–water partition coefficient (Wildman–Crippen LogP) is 3.62. The van der Waals surface area contributed by atoms with Crippen molar-refractivity contribution >= 4 is 23.4 Å². The lowest BCUT2D eigenvalue weighted by atomic mass is 9.95. The Labute approximate surface area is 184 Å². The van der Waals surface area contributed by atoms with Gasteiger partial charge in [0.1, 0.15) is 0 Å². The molecule has 1 unspecified atom stereocenters. The first-order valence-corrected chi connectivity index (χ1v) is 11.0. The number of hydrogen-bond donors (Lipinski definition) is 2. The summed E-state index contributed by atoms with van der Waals surface area (Å²) in [6.07, 6.45) is 2.40. The van der Waals surface area contributed by atoms with Gasteiger partial charge in [-0.1, -0.05) is 45.0 Å². The first-order valence-electron chi connectivity index (χ1n) is 11.0. The van der Waals surface area contributed by atoms with Crippen LogP contribution in [0.25, 0.3) is 0 Å². The molecular formula is C25H31N3O3. The molecule has 3 amide bonds. The SMILES string of the molecule is CCc1ccc(C(NC(=O)CNC(=O)c2ccc(N3CCCC3=O)cc2)C(C)C)cc1. The van der Waals surface area contributed by atoms with Crippen molar-refractivity contribution in [1.82, 2.24) is 10.6 Å². The molecule has 1 aliphatic heterocycles. The third-order valence-corrected chi connectivity index (χ3v) is 5.65. The van der Waals surface area contributed by atoms with E-state index in [1.54, 1.807) is 29.2 Å². The molecule has 2 aromatic carbocycles. The van der Waals surface area contributed by atoms with Crippen LogP contribution in [0, 0.1) is 5.92 Å². The van der Waals surface area contributed by atoms with Crippen molar-refractivity contribution in [3.05, 3.63) is 65.2 Å². The molecule has 2 N–H and O–H groups in total. The molecule has 0 spiro atoms. The second-order valence-electron chi connectivity index (χ2n) is 8.26. The molecule has 164 valence electrons. The van der Waals surface area contributed by atoms with Crippen molar-refractivity contribution in [2.75, 3.05) is 18.0 Å².